The van der Waals surface area contributed by atoms with E-state index in [1.165, 1.54) is 18.0 Å². The first-order valence-electron chi connectivity index (χ1n) is 8.29. The average Bonchev–Trinajstić information content (AvgIpc) is 3.19. The Bertz CT molecular complexity index is 718. The van der Waals surface area contributed by atoms with Crippen LogP contribution in [0.2, 0.25) is 0 Å². The average molecular weight is 339 g/mol. The van der Waals surface area contributed by atoms with E-state index in [9.17, 15) is 9.59 Å². The monoisotopic (exact) mass is 339 g/mol. The van der Waals surface area contributed by atoms with E-state index in [0.29, 0.717) is 18.8 Å². The standard InChI is InChI=1S/C19H21N3O3/c23-18(9-8-17-7-4-14-25-17)20-15-19(24)22-12-10-21(11-13-22)16-5-2-1-3-6-16/h1-9,14H,10-13,15H2,(H,20,23)/b9-8+. The summed E-state index contributed by atoms with van der Waals surface area (Å²) in [4.78, 5) is 28.0. The van der Waals surface area contributed by atoms with Gasteiger partial charge in [-0.2, -0.15) is 0 Å². The second-order valence-electron chi connectivity index (χ2n) is 5.77. The van der Waals surface area contributed by atoms with Crippen molar-refractivity contribution in [3.8, 4) is 0 Å². The van der Waals surface area contributed by atoms with Gasteiger partial charge in [-0.1, -0.05) is 18.2 Å². The van der Waals surface area contributed by atoms with Crippen LogP contribution in [-0.2, 0) is 9.59 Å². The lowest BCUT2D eigenvalue weighted by molar-refractivity contribution is -0.132. The molecule has 1 aliphatic heterocycles. The third-order valence-corrected chi connectivity index (χ3v) is 4.11. The molecule has 1 saturated heterocycles. The molecule has 0 unspecified atom stereocenters. The molecule has 2 heterocycles. The van der Waals surface area contributed by atoms with E-state index >= 15 is 0 Å². The number of amides is 2. The molecular weight excluding hydrogens is 318 g/mol. The fraction of sp³-hybridized carbons (Fsp3) is 0.263. The van der Waals surface area contributed by atoms with Crippen LogP contribution in [0.3, 0.4) is 0 Å². The minimum Gasteiger partial charge on any atom is -0.465 e. The molecule has 6 heteroatoms. The van der Waals surface area contributed by atoms with Gasteiger partial charge in [-0.15, -0.1) is 0 Å². The summed E-state index contributed by atoms with van der Waals surface area (Å²) < 4.78 is 5.10. The van der Waals surface area contributed by atoms with Gasteiger partial charge in [0.05, 0.1) is 12.8 Å². The zero-order valence-corrected chi connectivity index (χ0v) is 13.9. The smallest absolute Gasteiger partial charge is 0.244 e. The van der Waals surface area contributed by atoms with Gasteiger partial charge in [0.15, 0.2) is 0 Å². The lowest BCUT2D eigenvalue weighted by Gasteiger charge is -2.36. The van der Waals surface area contributed by atoms with Gasteiger partial charge in [0, 0.05) is 37.9 Å². The van der Waals surface area contributed by atoms with Crippen LogP contribution in [0.4, 0.5) is 5.69 Å². The summed E-state index contributed by atoms with van der Waals surface area (Å²) in [5.41, 5.74) is 1.17. The number of rotatable bonds is 5. The Morgan fingerprint density at radius 1 is 1.04 bits per heavy atom. The molecule has 1 aliphatic rings. The molecule has 0 radical (unpaired) electrons. The summed E-state index contributed by atoms with van der Waals surface area (Å²) in [5.74, 6) is 0.221. The van der Waals surface area contributed by atoms with Crippen LogP contribution in [0.1, 0.15) is 5.76 Å². The molecule has 0 aliphatic carbocycles. The van der Waals surface area contributed by atoms with Crippen LogP contribution in [-0.4, -0.2) is 49.4 Å². The highest BCUT2D eigenvalue weighted by Gasteiger charge is 2.21. The van der Waals surface area contributed by atoms with Crippen molar-refractivity contribution in [3.05, 3.63) is 60.6 Å². The van der Waals surface area contributed by atoms with Crippen molar-refractivity contribution in [2.45, 2.75) is 0 Å². The number of hydrogen-bond acceptors (Lipinski definition) is 4. The van der Waals surface area contributed by atoms with Crippen LogP contribution in [0.25, 0.3) is 6.08 Å². The molecule has 1 aromatic heterocycles. The number of piperazine rings is 1. The number of furan rings is 1. The molecule has 0 bridgehead atoms. The summed E-state index contributed by atoms with van der Waals surface area (Å²) in [7, 11) is 0. The number of anilines is 1. The molecule has 6 nitrogen and oxygen atoms in total. The number of nitrogens with one attached hydrogen (secondary N) is 1. The topological polar surface area (TPSA) is 65.8 Å². The van der Waals surface area contributed by atoms with Gasteiger partial charge in [0.2, 0.25) is 11.8 Å². The zero-order valence-electron chi connectivity index (χ0n) is 13.9. The highest BCUT2D eigenvalue weighted by Crippen LogP contribution is 2.15. The number of nitrogens with zero attached hydrogens (tertiary/aromatic N) is 2. The third kappa shape index (κ3) is 4.73. The van der Waals surface area contributed by atoms with Crippen LogP contribution in [0.5, 0.6) is 0 Å². The van der Waals surface area contributed by atoms with Crippen molar-refractivity contribution in [1.82, 2.24) is 10.2 Å². The van der Waals surface area contributed by atoms with E-state index in [-0.39, 0.29) is 18.4 Å². The molecule has 1 fully saturated rings. The minimum absolute atomic E-state index is 0.00661. The molecule has 0 atom stereocenters. The zero-order chi connectivity index (χ0) is 17.5. The van der Waals surface area contributed by atoms with Gasteiger partial charge in [-0.05, 0) is 30.3 Å². The van der Waals surface area contributed by atoms with Crippen LogP contribution >= 0.6 is 0 Å². The molecule has 3 rings (SSSR count). The summed E-state index contributed by atoms with van der Waals surface area (Å²) in [6.45, 7) is 2.91. The Balaban J connectivity index is 1.41. The molecule has 0 spiro atoms. The number of hydrogen-bond donors (Lipinski definition) is 1. The molecule has 25 heavy (non-hydrogen) atoms. The molecule has 2 aromatic rings. The molecule has 130 valence electrons. The number of benzene rings is 1. The van der Waals surface area contributed by atoms with Gasteiger partial charge in [0.25, 0.3) is 0 Å². The largest absolute Gasteiger partial charge is 0.465 e. The Labute approximate surface area is 146 Å². The Kier molecular flexibility index (Phi) is 5.51. The van der Waals surface area contributed by atoms with Crippen LogP contribution in [0, 0.1) is 0 Å². The number of para-hydroxylation sites is 1. The van der Waals surface area contributed by atoms with E-state index in [4.69, 9.17) is 4.42 Å². The van der Waals surface area contributed by atoms with Crippen molar-refractivity contribution in [1.29, 1.82) is 0 Å². The van der Waals surface area contributed by atoms with Gasteiger partial charge in [-0.25, -0.2) is 0 Å². The summed E-state index contributed by atoms with van der Waals surface area (Å²) in [6, 6.07) is 13.7. The van der Waals surface area contributed by atoms with Crippen molar-refractivity contribution < 1.29 is 14.0 Å². The number of carbonyl (C=O) groups is 2. The fourth-order valence-corrected chi connectivity index (χ4v) is 2.73. The van der Waals surface area contributed by atoms with Gasteiger partial charge in [-0.3, -0.25) is 9.59 Å². The first-order valence-corrected chi connectivity index (χ1v) is 8.29. The molecule has 1 N–H and O–H groups in total. The van der Waals surface area contributed by atoms with Crippen molar-refractivity contribution in [2.75, 3.05) is 37.6 Å². The van der Waals surface area contributed by atoms with Crippen LogP contribution < -0.4 is 10.2 Å². The second-order valence-corrected chi connectivity index (χ2v) is 5.77. The minimum atomic E-state index is -0.312. The third-order valence-electron chi connectivity index (χ3n) is 4.11. The Hall–Kier alpha value is -3.02. The predicted molar refractivity (Wildman–Crippen MR) is 96.0 cm³/mol. The summed E-state index contributed by atoms with van der Waals surface area (Å²) in [5, 5.41) is 2.61. The first-order chi connectivity index (χ1) is 12.2. The van der Waals surface area contributed by atoms with E-state index in [1.54, 1.807) is 23.1 Å². The van der Waals surface area contributed by atoms with Gasteiger partial charge < -0.3 is 19.5 Å². The molecule has 1 aromatic carbocycles. The Morgan fingerprint density at radius 2 is 1.80 bits per heavy atom. The van der Waals surface area contributed by atoms with Crippen LogP contribution in [0.15, 0.2) is 59.2 Å². The first kappa shape index (κ1) is 16.8. The lowest BCUT2D eigenvalue weighted by atomic mass is 10.2. The van der Waals surface area contributed by atoms with E-state index < -0.39 is 0 Å². The maximum Gasteiger partial charge on any atom is 0.244 e. The van der Waals surface area contributed by atoms with Gasteiger partial charge >= 0.3 is 0 Å². The SMILES string of the molecule is O=C(/C=C/c1ccco1)NCC(=O)N1CCN(c2ccccc2)CC1. The molecule has 0 saturated carbocycles. The fourth-order valence-electron chi connectivity index (χ4n) is 2.73. The van der Waals surface area contributed by atoms with E-state index in [1.807, 2.05) is 18.2 Å². The van der Waals surface area contributed by atoms with Crippen molar-refractivity contribution in [3.63, 3.8) is 0 Å². The maximum absolute atomic E-state index is 12.2. The van der Waals surface area contributed by atoms with Crippen molar-refractivity contribution in [2.24, 2.45) is 0 Å². The summed E-state index contributed by atoms with van der Waals surface area (Å²) in [6.07, 6.45) is 4.47. The summed E-state index contributed by atoms with van der Waals surface area (Å²) >= 11 is 0. The lowest BCUT2D eigenvalue weighted by Crippen LogP contribution is -2.51. The predicted octanol–water partition coefficient (Wildman–Crippen LogP) is 1.76. The second kappa shape index (κ2) is 8.19. The van der Waals surface area contributed by atoms with Gasteiger partial charge in [0.1, 0.15) is 5.76 Å². The molecule has 2 amide bonds. The maximum atomic E-state index is 12.2. The Morgan fingerprint density at radius 3 is 2.48 bits per heavy atom. The van der Waals surface area contributed by atoms with E-state index in [2.05, 4.69) is 22.3 Å². The highest BCUT2D eigenvalue weighted by atomic mass is 16.3. The van der Waals surface area contributed by atoms with Crippen molar-refractivity contribution >= 4 is 23.6 Å². The normalized spacial score (nSPS) is 14.7. The quantitative estimate of drug-likeness (QED) is 0.843. The molecular formula is C19H21N3O3. The number of carbonyl (C=O) groups excluding carboxylic acids is 2. The van der Waals surface area contributed by atoms with E-state index in [0.717, 1.165) is 13.1 Å². The highest BCUT2D eigenvalue weighted by molar-refractivity contribution is 5.94.